The van der Waals surface area contributed by atoms with Crippen LogP contribution in [0.4, 0.5) is 5.82 Å². The van der Waals surface area contributed by atoms with Crippen LogP contribution in [0.3, 0.4) is 0 Å². The number of amidine groups is 1. The molecule has 0 radical (unpaired) electrons. The van der Waals surface area contributed by atoms with Gasteiger partial charge in [0, 0.05) is 25.8 Å². The van der Waals surface area contributed by atoms with Gasteiger partial charge in [-0.25, -0.2) is 0 Å². The molecule has 3 heterocycles. The molecule has 2 aliphatic rings. The Hall–Kier alpha value is -2.57. The highest BCUT2D eigenvalue weighted by molar-refractivity contribution is 6.01. The fourth-order valence-electron chi connectivity index (χ4n) is 3.80. The van der Waals surface area contributed by atoms with E-state index in [1.807, 2.05) is 17.2 Å². The van der Waals surface area contributed by atoms with Gasteiger partial charge in [0.25, 0.3) is 0 Å². The van der Waals surface area contributed by atoms with Crippen molar-refractivity contribution in [3.05, 3.63) is 30.6 Å². The summed E-state index contributed by atoms with van der Waals surface area (Å²) in [4.78, 5) is 23.0. The number of nitrogens with zero attached hydrogens (tertiary/aromatic N) is 3. The molecule has 2 aliphatic heterocycles. The zero-order valence-corrected chi connectivity index (χ0v) is 13.8. The Morgan fingerprint density at radius 3 is 3.00 bits per heavy atom. The molecule has 1 amide bonds. The molecular formula is C17H24N6O. The van der Waals surface area contributed by atoms with Crippen molar-refractivity contribution in [1.82, 2.24) is 14.8 Å². The van der Waals surface area contributed by atoms with E-state index >= 15 is 0 Å². The monoisotopic (exact) mass is 328 g/mol. The number of anilines is 1. The van der Waals surface area contributed by atoms with Crippen LogP contribution in [0.2, 0.25) is 0 Å². The van der Waals surface area contributed by atoms with Gasteiger partial charge < -0.3 is 20.1 Å². The number of aromatic amines is 1. The van der Waals surface area contributed by atoms with Crippen LogP contribution >= 0.6 is 0 Å². The summed E-state index contributed by atoms with van der Waals surface area (Å²) in [7, 11) is 0. The van der Waals surface area contributed by atoms with Gasteiger partial charge in [-0.15, -0.1) is 0 Å². The van der Waals surface area contributed by atoms with E-state index in [0.29, 0.717) is 12.4 Å². The van der Waals surface area contributed by atoms with Crippen molar-refractivity contribution in [2.75, 3.05) is 31.5 Å². The lowest BCUT2D eigenvalue weighted by Gasteiger charge is -2.57. The Kier molecular flexibility index (Phi) is 4.42. The molecule has 128 valence electrons. The minimum absolute atomic E-state index is 0.0419. The molecule has 7 nitrogen and oxygen atoms in total. The number of aromatic nitrogens is 1. The van der Waals surface area contributed by atoms with E-state index in [1.54, 1.807) is 6.20 Å². The summed E-state index contributed by atoms with van der Waals surface area (Å²) >= 11 is 0. The summed E-state index contributed by atoms with van der Waals surface area (Å²) in [5.41, 5.74) is 0.672. The molecule has 2 fully saturated rings. The smallest absolute Gasteiger partial charge is 0.244 e. The number of amides is 1. The number of H-pyrrole nitrogens is 1. The van der Waals surface area contributed by atoms with Crippen LogP contribution in [0.15, 0.2) is 30.0 Å². The first-order chi connectivity index (χ1) is 11.6. The number of hydrogen-bond donors (Lipinski definition) is 3. The average Bonchev–Trinajstić information content (AvgIpc) is 3.02. The second kappa shape index (κ2) is 6.51. The number of piperidine rings is 1. The molecule has 0 saturated carbocycles. The zero-order chi connectivity index (χ0) is 17.2. The lowest BCUT2D eigenvalue weighted by molar-refractivity contribution is -0.149. The highest BCUT2D eigenvalue weighted by atomic mass is 16.2. The maximum absolute atomic E-state index is 12.2. The molecule has 3 rings (SSSR count). The average molecular weight is 328 g/mol. The van der Waals surface area contributed by atoms with Crippen LogP contribution in [-0.4, -0.2) is 65.0 Å². The summed E-state index contributed by atoms with van der Waals surface area (Å²) in [6, 6.07) is 1.89. The predicted molar refractivity (Wildman–Crippen MR) is 95.7 cm³/mol. The van der Waals surface area contributed by atoms with E-state index in [0.717, 1.165) is 43.7 Å². The molecular weight excluding hydrogens is 304 g/mol. The quantitative estimate of drug-likeness (QED) is 0.567. The van der Waals surface area contributed by atoms with Gasteiger partial charge in [-0.3, -0.25) is 15.2 Å². The molecule has 1 aromatic rings. The number of carbonyl (C=O) groups is 1. The van der Waals surface area contributed by atoms with E-state index in [-0.39, 0.29) is 18.0 Å². The highest BCUT2D eigenvalue weighted by Crippen LogP contribution is 2.39. The summed E-state index contributed by atoms with van der Waals surface area (Å²) in [6.07, 6.45) is 6.36. The maximum Gasteiger partial charge on any atom is 0.244 e. The second-order valence-electron chi connectivity index (χ2n) is 6.39. The minimum Gasteiger partial charge on any atom is -0.354 e. The third-order valence-corrected chi connectivity index (χ3v) is 5.04. The fourth-order valence-corrected chi connectivity index (χ4v) is 3.80. The number of nitrogens with one attached hydrogen (secondary N) is 3. The van der Waals surface area contributed by atoms with E-state index in [9.17, 15) is 4.79 Å². The number of aliphatic imine (C=N–C) groups is 1. The summed E-state index contributed by atoms with van der Waals surface area (Å²) < 4.78 is 0. The number of rotatable bonds is 5. The SMILES string of the molecule is C=CNc1[nH]ccc1C(=N)N1CCC[C@]2(CCN2C(=O)CN=C)C1. The van der Waals surface area contributed by atoms with E-state index in [2.05, 4.69) is 33.5 Å². The molecule has 24 heavy (non-hydrogen) atoms. The van der Waals surface area contributed by atoms with Crippen LogP contribution in [0, 0.1) is 5.41 Å². The Bertz CT molecular complexity index is 666. The van der Waals surface area contributed by atoms with Crippen LogP contribution in [0.1, 0.15) is 24.8 Å². The molecule has 0 aromatic carbocycles. The predicted octanol–water partition coefficient (Wildman–Crippen LogP) is 1.66. The second-order valence-corrected chi connectivity index (χ2v) is 6.39. The normalized spacial score (nSPS) is 22.8. The van der Waals surface area contributed by atoms with Gasteiger partial charge in [0.05, 0.1) is 11.1 Å². The van der Waals surface area contributed by atoms with Gasteiger partial charge in [0.1, 0.15) is 18.2 Å². The Labute approximate surface area is 141 Å². The minimum atomic E-state index is -0.144. The van der Waals surface area contributed by atoms with Crippen molar-refractivity contribution < 1.29 is 4.79 Å². The topological polar surface area (TPSA) is 87.6 Å². The highest BCUT2D eigenvalue weighted by Gasteiger charge is 2.49. The van der Waals surface area contributed by atoms with E-state index < -0.39 is 0 Å². The van der Waals surface area contributed by atoms with Gasteiger partial charge in [-0.2, -0.15) is 0 Å². The third kappa shape index (κ3) is 2.70. The van der Waals surface area contributed by atoms with Gasteiger partial charge in [-0.1, -0.05) is 6.58 Å². The molecule has 2 saturated heterocycles. The molecule has 0 unspecified atom stereocenters. The lowest BCUT2D eigenvalue weighted by atomic mass is 9.77. The number of likely N-dealkylation sites (tertiary alicyclic amines) is 2. The van der Waals surface area contributed by atoms with Gasteiger partial charge in [0.15, 0.2) is 0 Å². The van der Waals surface area contributed by atoms with Crippen molar-refractivity contribution in [2.45, 2.75) is 24.8 Å². The van der Waals surface area contributed by atoms with E-state index in [4.69, 9.17) is 5.41 Å². The van der Waals surface area contributed by atoms with Crippen LogP contribution in [-0.2, 0) is 4.79 Å². The van der Waals surface area contributed by atoms with Crippen molar-refractivity contribution in [1.29, 1.82) is 5.41 Å². The molecule has 7 heteroatoms. The standard InChI is InChI=1S/C17H24N6O/c1-3-20-16-13(5-8-21-16)15(18)22-9-4-6-17(12-22)7-10-23(17)14(24)11-19-2/h3,5,8,18,20-21H,1-2,4,6-7,9-12H2/t17-/m0/s1. The first-order valence-electron chi connectivity index (χ1n) is 8.23. The largest absolute Gasteiger partial charge is 0.354 e. The van der Waals surface area contributed by atoms with Crippen molar-refractivity contribution >= 4 is 24.3 Å². The molecule has 1 spiro atoms. The van der Waals surface area contributed by atoms with E-state index in [1.165, 1.54) is 0 Å². The molecule has 3 N–H and O–H groups in total. The van der Waals surface area contributed by atoms with Crippen LogP contribution < -0.4 is 5.32 Å². The summed E-state index contributed by atoms with van der Waals surface area (Å²) in [5.74, 6) is 1.29. The zero-order valence-electron chi connectivity index (χ0n) is 13.8. The first kappa shape index (κ1) is 16.3. The van der Waals surface area contributed by atoms with Crippen molar-refractivity contribution in [2.24, 2.45) is 4.99 Å². The summed E-state index contributed by atoms with van der Waals surface area (Å²) in [5, 5.41) is 11.6. The van der Waals surface area contributed by atoms with Crippen molar-refractivity contribution in [3.8, 4) is 0 Å². The maximum atomic E-state index is 12.2. The fraction of sp³-hybridized carbons (Fsp3) is 0.471. The van der Waals surface area contributed by atoms with Gasteiger partial charge in [0.2, 0.25) is 5.91 Å². The Morgan fingerprint density at radius 1 is 1.50 bits per heavy atom. The molecule has 0 aliphatic carbocycles. The molecule has 0 bridgehead atoms. The van der Waals surface area contributed by atoms with Crippen molar-refractivity contribution in [3.63, 3.8) is 0 Å². The molecule has 1 aromatic heterocycles. The number of carbonyl (C=O) groups excluding carboxylic acids is 1. The first-order valence-corrected chi connectivity index (χ1v) is 8.23. The Morgan fingerprint density at radius 2 is 2.33 bits per heavy atom. The van der Waals surface area contributed by atoms with Crippen LogP contribution in [0.5, 0.6) is 0 Å². The van der Waals surface area contributed by atoms with Crippen LogP contribution in [0.25, 0.3) is 0 Å². The third-order valence-electron chi connectivity index (χ3n) is 5.04. The van der Waals surface area contributed by atoms with Gasteiger partial charge >= 0.3 is 0 Å². The molecule has 1 atom stereocenters. The number of hydrogen-bond acceptors (Lipinski definition) is 4. The Balaban J connectivity index is 1.75. The lowest BCUT2D eigenvalue weighted by Crippen LogP contribution is -2.69. The van der Waals surface area contributed by atoms with Gasteiger partial charge in [-0.05, 0) is 38.2 Å². The summed E-state index contributed by atoms with van der Waals surface area (Å²) in [6.45, 7) is 9.55.